The molecule has 0 radical (unpaired) electrons. The summed E-state index contributed by atoms with van der Waals surface area (Å²) in [5.41, 5.74) is -2.80. The second-order valence-electron chi connectivity index (χ2n) is 8.60. The van der Waals surface area contributed by atoms with Crippen molar-refractivity contribution < 1.29 is 41.1 Å². The number of rotatable bonds is 1. The number of alkyl halides is 3. The normalized spacial score (nSPS) is 25.7. The largest absolute Gasteiger partial charge is 0.445 e. The lowest BCUT2D eigenvalue weighted by Gasteiger charge is -2.55. The second-order valence-corrected chi connectivity index (χ2v) is 9.58. The van der Waals surface area contributed by atoms with Gasteiger partial charge < -0.3 is 9.64 Å². The van der Waals surface area contributed by atoms with Crippen LogP contribution in [-0.4, -0.2) is 52.8 Å². The van der Waals surface area contributed by atoms with E-state index in [1.165, 1.54) is 4.90 Å². The number of aromatic nitrogens is 2. The first-order chi connectivity index (χ1) is 16.3. The molecule has 1 spiro atoms. The third-order valence-electron chi connectivity index (χ3n) is 6.36. The molecule has 186 valence electrons. The third-order valence-corrected chi connectivity index (χ3v) is 7.37. The van der Waals surface area contributed by atoms with Gasteiger partial charge >= 0.3 is 12.2 Å². The molecule has 1 aromatic carbocycles. The van der Waals surface area contributed by atoms with Gasteiger partial charge in [-0.15, -0.1) is 10.2 Å². The van der Waals surface area contributed by atoms with E-state index in [4.69, 9.17) is 4.74 Å². The maximum Gasteiger partial charge on any atom is 0.445 e. The number of halogens is 5. The van der Waals surface area contributed by atoms with Crippen molar-refractivity contribution in [3.63, 3.8) is 0 Å². The molecule has 15 heteroatoms. The minimum atomic E-state index is -4.83. The van der Waals surface area contributed by atoms with Gasteiger partial charge in [0, 0.05) is 13.0 Å². The average Bonchev–Trinajstić information content (AvgIpc) is 3.24. The van der Waals surface area contributed by atoms with Crippen LogP contribution in [0.2, 0.25) is 0 Å². The van der Waals surface area contributed by atoms with Crippen LogP contribution in [0.1, 0.15) is 24.4 Å². The number of hydrogen-bond acceptors (Lipinski definition) is 8. The molecule has 3 aliphatic rings. The lowest BCUT2D eigenvalue weighted by atomic mass is 9.66. The summed E-state index contributed by atoms with van der Waals surface area (Å²) >= 11 is 0.0278. The summed E-state index contributed by atoms with van der Waals surface area (Å²) in [5.74, 6) is -4.70. The maximum absolute atomic E-state index is 15.5. The van der Waals surface area contributed by atoms with Crippen molar-refractivity contribution >= 4 is 34.9 Å². The Bertz CT molecular complexity index is 1260. The number of benzene rings is 1. The van der Waals surface area contributed by atoms with Crippen molar-refractivity contribution in [2.24, 2.45) is 5.41 Å². The van der Waals surface area contributed by atoms with E-state index in [-0.39, 0.29) is 29.1 Å². The Morgan fingerprint density at radius 3 is 2.37 bits per heavy atom. The van der Waals surface area contributed by atoms with Gasteiger partial charge in [-0.2, -0.15) is 13.2 Å². The number of carbonyl (C=O) groups is 3. The van der Waals surface area contributed by atoms with Crippen molar-refractivity contribution in [3.05, 3.63) is 28.3 Å². The first-order valence-corrected chi connectivity index (χ1v) is 11.2. The molecular formula is C20H16F5N5O4S. The van der Waals surface area contributed by atoms with Crippen LogP contribution in [0.15, 0.2) is 6.07 Å². The van der Waals surface area contributed by atoms with Gasteiger partial charge in [0.2, 0.25) is 16.8 Å². The highest BCUT2D eigenvalue weighted by molar-refractivity contribution is 7.14. The fourth-order valence-electron chi connectivity index (χ4n) is 5.14. The molecule has 1 aromatic heterocycles. The predicted molar refractivity (Wildman–Crippen MR) is 109 cm³/mol. The number of amides is 4. The number of ether oxygens (including phenoxy) is 1. The molecule has 3 atom stereocenters. The molecule has 4 amide bonds. The smallest absolute Gasteiger partial charge is 0.372 e. The van der Waals surface area contributed by atoms with E-state index in [0.29, 0.717) is 0 Å². The van der Waals surface area contributed by atoms with E-state index in [1.54, 1.807) is 13.8 Å². The fraction of sp³-hybridized carbons (Fsp3) is 0.450. The molecule has 1 unspecified atom stereocenters. The predicted octanol–water partition coefficient (Wildman–Crippen LogP) is 2.39. The molecule has 2 saturated heterocycles. The number of barbiturate groups is 1. The van der Waals surface area contributed by atoms with Gasteiger partial charge in [0.25, 0.3) is 0 Å². The summed E-state index contributed by atoms with van der Waals surface area (Å²) in [6, 6.07) is -1.06. The van der Waals surface area contributed by atoms with Gasteiger partial charge in [0.05, 0.1) is 29.5 Å². The Hall–Kier alpha value is -3.20. The van der Waals surface area contributed by atoms with Crippen LogP contribution in [0.4, 0.5) is 32.4 Å². The highest BCUT2D eigenvalue weighted by atomic mass is 32.1. The Balaban J connectivity index is 1.72. The first-order valence-electron chi connectivity index (χ1n) is 10.4. The van der Waals surface area contributed by atoms with Crippen molar-refractivity contribution in [2.45, 2.75) is 44.7 Å². The minimum Gasteiger partial charge on any atom is -0.372 e. The lowest BCUT2D eigenvalue weighted by Crippen LogP contribution is -2.75. The Labute approximate surface area is 197 Å². The second kappa shape index (κ2) is 7.65. The molecule has 0 saturated carbocycles. The van der Waals surface area contributed by atoms with E-state index in [9.17, 15) is 27.6 Å². The SMILES string of the molecule is C[C@H]1CN2c3c(cc(-c4nnc(C(F)(F)F)s4)c(F)c3F)CC3(C(=O)NC(=O)NC3=O)C2[C@@H](C)O1. The average molecular weight is 517 g/mol. The van der Waals surface area contributed by atoms with E-state index in [0.717, 1.165) is 6.07 Å². The highest BCUT2D eigenvalue weighted by Gasteiger charge is 2.63. The van der Waals surface area contributed by atoms with Gasteiger partial charge in [-0.3, -0.25) is 20.2 Å². The molecule has 0 aliphatic carbocycles. The zero-order chi connectivity index (χ0) is 25.4. The monoisotopic (exact) mass is 517 g/mol. The number of imide groups is 2. The molecule has 3 aliphatic heterocycles. The van der Waals surface area contributed by atoms with Crippen LogP contribution in [0.25, 0.3) is 10.6 Å². The summed E-state index contributed by atoms with van der Waals surface area (Å²) in [5, 5.41) is 8.60. The van der Waals surface area contributed by atoms with Gasteiger partial charge in [0.15, 0.2) is 22.1 Å². The number of anilines is 1. The molecule has 5 rings (SSSR count). The van der Waals surface area contributed by atoms with Crippen molar-refractivity contribution in [1.82, 2.24) is 20.8 Å². The molecule has 2 aromatic rings. The van der Waals surface area contributed by atoms with Crippen LogP contribution < -0.4 is 15.5 Å². The summed E-state index contributed by atoms with van der Waals surface area (Å²) < 4.78 is 75.5. The molecule has 35 heavy (non-hydrogen) atoms. The molecular weight excluding hydrogens is 501 g/mol. The van der Waals surface area contributed by atoms with Crippen molar-refractivity contribution in [3.8, 4) is 10.6 Å². The first kappa shape index (κ1) is 23.5. The maximum atomic E-state index is 15.5. The highest BCUT2D eigenvalue weighted by Crippen LogP contribution is 2.49. The zero-order valence-electron chi connectivity index (χ0n) is 18.0. The standard InChI is InChI=1S/C20H16F5N5O4S/c1-6-5-30-12-8(3-9(10(21)11(12)22)14-28-29-17(35-14)20(23,24)25)4-19(13(30)7(2)34-6)15(31)26-18(33)27-16(19)32/h3,6-7,13H,4-5H2,1-2H3,(H2,26,27,31,32,33)/t6-,7+,13?/m0/s1. The summed E-state index contributed by atoms with van der Waals surface area (Å²) in [7, 11) is 0. The van der Waals surface area contributed by atoms with E-state index in [1.807, 2.05) is 0 Å². The van der Waals surface area contributed by atoms with Crippen LogP contribution in [0.3, 0.4) is 0 Å². The number of carbonyl (C=O) groups excluding carboxylic acids is 3. The van der Waals surface area contributed by atoms with E-state index in [2.05, 4.69) is 20.8 Å². The van der Waals surface area contributed by atoms with Crippen molar-refractivity contribution in [2.75, 3.05) is 11.4 Å². The Morgan fingerprint density at radius 2 is 1.77 bits per heavy atom. The van der Waals surface area contributed by atoms with Crippen LogP contribution in [-0.2, 0) is 26.9 Å². The van der Waals surface area contributed by atoms with Gasteiger partial charge in [0.1, 0.15) is 0 Å². The van der Waals surface area contributed by atoms with Gasteiger partial charge in [-0.05, 0) is 25.5 Å². The molecule has 0 bridgehead atoms. The zero-order valence-corrected chi connectivity index (χ0v) is 18.8. The topological polar surface area (TPSA) is 114 Å². The van der Waals surface area contributed by atoms with Crippen molar-refractivity contribution in [1.29, 1.82) is 0 Å². The van der Waals surface area contributed by atoms with Crippen LogP contribution >= 0.6 is 11.3 Å². The number of nitrogens with zero attached hydrogens (tertiary/aromatic N) is 3. The number of urea groups is 1. The number of fused-ring (bicyclic) bond motifs is 4. The molecule has 2 fully saturated rings. The summed E-state index contributed by atoms with van der Waals surface area (Å²) in [4.78, 5) is 39.3. The molecule has 2 N–H and O–H groups in total. The third kappa shape index (κ3) is 3.39. The van der Waals surface area contributed by atoms with Crippen LogP contribution in [0.5, 0.6) is 0 Å². The Kier molecular flexibility index (Phi) is 5.14. The number of nitrogens with one attached hydrogen (secondary N) is 2. The van der Waals surface area contributed by atoms with Gasteiger partial charge in [-0.25, -0.2) is 13.6 Å². The van der Waals surface area contributed by atoms with Gasteiger partial charge in [-0.1, -0.05) is 11.3 Å². The molecule has 9 nitrogen and oxygen atoms in total. The van der Waals surface area contributed by atoms with E-state index < -0.39 is 81.3 Å². The quantitative estimate of drug-likeness (QED) is 0.441. The summed E-state index contributed by atoms with van der Waals surface area (Å²) in [6.07, 6.45) is -6.61. The summed E-state index contributed by atoms with van der Waals surface area (Å²) in [6.45, 7) is 3.21. The minimum absolute atomic E-state index is 0.0140. The number of hydrogen-bond donors (Lipinski definition) is 2. The number of morpholine rings is 1. The van der Waals surface area contributed by atoms with E-state index >= 15 is 8.78 Å². The Morgan fingerprint density at radius 1 is 1.11 bits per heavy atom. The lowest BCUT2D eigenvalue weighted by molar-refractivity contribution is -0.153. The fourth-order valence-corrected chi connectivity index (χ4v) is 5.86. The van der Waals surface area contributed by atoms with Crippen LogP contribution in [0, 0.1) is 17.0 Å². The molecule has 4 heterocycles.